The van der Waals surface area contributed by atoms with E-state index in [0.717, 1.165) is 5.75 Å². The molecule has 1 heterocycles. The average molecular weight is 275 g/mol. The summed E-state index contributed by atoms with van der Waals surface area (Å²) in [5.74, 6) is 1.32. The van der Waals surface area contributed by atoms with E-state index in [0.29, 0.717) is 18.1 Å². The van der Waals surface area contributed by atoms with Crippen LogP contribution in [0.3, 0.4) is 0 Å². The van der Waals surface area contributed by atoms with Crippen LogP contribution in [0.25, 0.3) is 0 Å². The molecule has 5 nitrogen and oxygen atoms in total. The number of ether oxygens (including phenoxy) is 2. The lowest BCUT2D eigenvalue weighted by Crippen LogP contribution is -2.12. The van der Waals surface area contributed by atoms with Crippen LogP contribution in [0.4, 0.5) is 0 Å². The highest BCUT2D eigenvalue weighted by Crippen LogP contribution is 2.23. The van der Waals surface area contributed by atoms with Gasteiger partial charge in [0.15, 0.2) is 0 Å². The van der Waals surface area contributed by atoms with Crippen LogP contribution < -0.4 is 15.2 Å². The molecule has 0 spiro atoms. The average Bonchev–Trinajstić information content (AvgIpc) is 2.40. The predicted octanol–water partition coefficient (Wildman–Crippen LogP) is 2.30. The van der Waals surface area contributed by atoms with Crippen molar-refractivity contribution in [1.82, 2.24) is 9.97 Å². The number of benzene rings is 1. The first-order chi connectivity index (χ1) is 9.19. The van der Waals surface area contributed by atoms with E-state index < -0.39 is 0 Å². The summed E-state index contributed by atoms with van der Waals surface area (Å²) < 4.78 is 10.9. The normalized spacial score (nSPS) is 9.95. The minimum Gasteiger partial charge on any atom is -0.494 e. The molecule has 0 saturated heterocycles. The first-order valence-corrected chi connectivity index (χ1v) is 6.13. The Morgan fingerprint density at radius 3 is 2.84 bits per heavy atom. The largest absolute Gasteiger partial charge is 0.494 e. The molecule has 0 unspecified atom stereocenters. The summed E-state index contributed by atoms with van der Waals surface area (Å²) >= 11 is 4.85. The molecule has 2 N–H and O–H groups in total. The highest BCUT2D eigenvalue weighted by molar-refractivity contribution is 7.80. The van der Waals surface area contributed by atoms with Gasteiger partial charge in [0.25, 0.3) is 0 Å². The van der Waals surface area contributed by atoms with Crippen LogP contribution in [-0.2, 0) is 0 Å². The van der Waals surface area contributed by atoms with Crippen LogP contribution in [0, 0.1) is 0 Å². The number of nitrogens with zero attached hydrogens (tertiary/aromatic N) is 2. The Morgan fingerprint density at radius 2 is 2.11 bits per heavy atom. The molecule has 6 heteroatoms. The second-order valence-electron chi connectivity index (χ2n) is 3.60. The molecule has 0 aliphatic carbocycles. The third-order valence-corrected chi connectivity index (χ3v) is 2.42. The van der Waals surface area contributed by atoms with Crippen LogP contribution in [0.1, 0.15) is 12.6 Å². The van der Waals surface area contributed by atoms with Gasteiger partial charge in [-0.1, -0.05) is 18.3 Å². The standard InChI is InChI=1S/C13H13N3O2S/c1-2-17-9-4-3-5-10(8-9)18-13-15-7-6-11(16-13)12(14)19/h3-8H,2H2,1H3,(H2,14,19). The van der Waals surface area contributed by atoms with E-state index in [4.69, 9.17) is 27.4 Å². The van der Waals surface area contributed by atoms with E-state index in [1.807, 2.05) is 19.1 Å². The number of hydrogen-bond donors (Lipinski definition) is 1. The highest BCUT2D eigenvalue weighted by atomic mass is 32.1. The van der Waals surface area contributed by atoms with Crippen LogP contribution in [0.15, 0.2) is 36.5 Å². The first kappa shape index (κ1) is 13.2. The summed E-state index contributed by atoms with van der Waals surface area (Å²) in [5, 5.41) is 0. The Kier molecular flexibility index (Phi) is 4.25. The van der Waals surface area contributed by atoms with Gasteiger partial charge in [-0.2, -0.15) is 4.98 Å². The van der Waals surface area contributed by atoms with Gasteiger partial charge >= 0.3 is 6.01 Å². The molecule has 0 aliphatic heterocycles. The lowest BCUT2D eigenvalue weighted by molar-refractivity contribution is 0.337. The number of nitrogens with two attached hydrogens (primary N) is 1. The van der Waals surface area contributed by atoms with Gasteiger partial charge in [0.1, 0.15) is 22.2 Å². The van der Waals surface area contributed by atoms with Crippen molar-refractivity contribution in [3.8, 4) is 17.5 Å². The summed E-state index contributed by atoms with van der Waals surface area (Å²) in [7, 11) is 0. The molecule has 0 atom stereocenters. The first-order valence-electron chi connectivity index (χ1n) is 5.72. The Balaban J connectivity index is 2.18. The summed E-state index contributed by atoms with van der Waals surface area (Å²) in [5.41, 5.74) is 5.98. The van der Waals surface area contributed by atoms with E-state index in [1.165, 1.54) is 0 Å². The van der Waals surface area contributed by atoms with Crippen LogP contribution in [0.5, 0.6) is 17.5 Å². The Morgan fingerprint density at radius 1 is 1.32 bits per heavy atom. The van der Waals surface area contributed by atoms with Gasteiger partial charge in [-0.25, -0.2) is 4.98 Å². The van der Waals surface area contributed by atoms with Gasteiger partial charge < -0.3 is 15.2 Å². The lowest BCUT2D eigenvalue weighted by Gasteiger charge is -2.07. The molecule has 0 fully saturated rings. The molecule has 0 aliphatic rings. The van der Waals surface area contributed by atoms with Crippen LogP contribution in [-0.4, -0.2) is 21.6 Å². The molecule has 0 amide bonds. The molecule has 0 saturated carbocycles. The Hall–Kier alpha value is -2.21. The maximum atomic E-state index is 5.54. The maximum Gasteiger partial charge on any atom is 0.322 e. The number of aromatic nitrogens is 2. The van der Waals surface area contributed by atoms with Crippen molar-refractivity contribution in [3.05, 3.63) is 42.2 Å². The lowest BCUT2D eigenvalue weighted by atomic mass is 10.3. The predicted molar refractivity (Wildman–Crippen MR) is 75.6 cm³/mol. The van der Waals surface area contributed by atoms with Crippen molar-refractivity contribution in [1.29, 1.82) is 0 Å². The molecule has 2 aromatic rings. The van der Waals surface area contributed by atoms with Gasteiger partial charge in [0.2, 0.25) is 0 Å². The highest BCUT2D eigenvalue weighted by Gasteiger charge is 2.05. The number of rotatable bonds is 5. The Labute approximate surface area is 116 Å². The number of hydrogen-bond acceptors (Lipinski definition) is 5. The molecule has 1 aromatic heterocycles. The molecule has 0 radical (unpaired) electrons. The molecular weight excluding hydrogens is 262 g/mol. The van der Waals surface area contributed by atoms with Crippen molar-refractivity contribution in [2.75, 3.05) is 6.61 Å². The van der Waals surface area contributed by atoms with E-state index in [1.54, 1.807) is 24.4 Å². The number of thiocarbonyl (C=S) groups is 1. The van der Waals surface area contributed by atoms with Crippen molar-refractivity contribution in [3.63, 3.8) is 0 Å². The summed E-state index contributed by atoms with van der Waals surface area (Å²) in [4.78, 5) is 8.31. The van der Waals surface area contributed by atoms with Crippen LogP contribution in [0.2, 0.25) is 0 Å². The smallest absolute Gasteiger partial charge is 0.322 e. The molecular formula is C13H13N3O2S. The molecule has 19 heavy (non-hydrogen) atoms. The quantitative estimate of drug-likeness (QED) is 0.844. The van der Waals surface area contributed by atoms with Crippen molar-refractivity contribution < 1.29 is 9.47 Å². The SMILES string of the molecule is CCOc1cccc(Oc2nccc(C(N)=S)n2)c1. The second-order valence-corrected chi connectivity index (χ2v) is 4.04. The fourth-order valence-corrected chi connectivity index (χ4v) is 1.54. The molecule has 0 bridgehead atoms. The van der Waals surface area contributed by atoms with Gasteiger partial charge in [-0.05, 0) is 25.1 Å². The molecule has 98 valence electrons. The maximum absolute atomic E-state index is 5.54. The fraction of sp³-hybridized carbons (Fsp3) is 0.154. The summed E-state index contributed by atoms with van der Waals surface area (Å²) in [6, 6.07) is 9.06. The van der Waals surface area contributed by atoms with Crippen molar-refractivity contribution in [2.24, 2.45) is 5.73 Å². The monoisotopic (exact) mass is 275 g/mol. The van der Waals surface area contributed by atoms with E-state index in [-0.39, 0.29) is 11.0 Å². The zero-order valence-corrected chi connectivity index (χ0v) is 11.2. The van der Waals surface area contributed by atoms with E-state index in [2.05, 4.69) is 9.97 Å². The topological polar surface area (TPSA) is 70.3 Å². The summed E-state index contributed by atoms with van der Waals surface area (Å²) in [6.07, 6.45) is 1.54. The third-order valence-electron chi connectivity index (χ3n) is 2.21. The fourth-order valence-electron chi connectivity index (χ4n) is 1.43. The van der Waals surface area contributed by atoms with Gasteiger partial charge in [0.05, 0.1) is 6.61 Å². The molecule has 1 aromatic carbocycles. The zero-order valence-electron chi connectivity index (χ0n) is 10.4. The van der Waals surface area contributed by atoms with E-state index in [9.17, 15) is 0 Å². The van der Waals surface area contributed by atoms with Gasteiger partial charge in [0, 0.05) is 12.3 Å². The van der Waals surface area contributed by atoms with E-state index >= 15 is 0 Å². The third kappa shape index (κ3) is 3.62. The van der Waals surface area contributed by atoms with Crippen molar-refractivity contribution in [2.45, 2.75) is 6.92 Å². The summed E-state index contributed by atoms with van der Waals surface area (Å²) in [6.45, 7) is 2.51. The van der Waals surface area contributed by atoms with Gasteiger partial charge in [-0.15, -0.1) is 0 Å². The van der Waals surface area contributed by atoms with Crippen LogP contribution >= 0.6 is 12.2 Å². The zero-order chi connectivity index (χ0) is 13.7. The second kappa shape index (κ2) is 6.10. The Bertz CT molecular complexity index is 590. The van der Waals surface area contributed by atoms with Gasteiger partial charge in [-0.3, -0.25) is 0 Å². The minimum absolute atomic E-state index is 0.193. The minimum atomic E-state index is 0.193. The van der Waals surface area contributed by atoms with Crippen molar-refractivity contribution >= 4 is 17.2 Å². The molecule has 2 rings (SSSR count).